The highest BCUT2D eigenvalue weighted by atomic mass is 16.3. The van der Waals surface area contributed by atoms with Crippen molar-refractivity contribution in [1.29, 1.82) is 0 Å². The van der Waals surface area contributed by atoms with Gasteiger partial charge in [-0.05, 0) is 46.5 Å². The summed E-state index contributed by atoms with van der Waals surface area (Å²) in [4.78, 5) is 0. The Balaban J connectivity index is 0.00000144. The summed E-state index contributed by atoms with van der Waals surface area (Å²) < 4.78 is 0. The molecular formula is C10H23NO. The molecule has 12 heavy (non-hydrogen) atoms. The van der Waals surface area contributed by atoms with E-state index in [0.717, 1.165) is 25.7 Å². The summed E-state index contributed by atoms with van der Waals surface area (Å²) in [5.74, 6) is 0. The molecule has 0 bridgehead atoms. The normalized spacial score (nSPS) is 32.0. The first-order valence-electron chi connectivity index (χ1n) is 4.93. The summed E-state index contributed by atoms with van der Waals surface area (Å²) in [6.07, 6.45) is 4.14. The molecule has 0 aromatic heterocycles. The Kier molecular flexibility index (Phi) is 3.13. The first kappa shape index (κ1) is 10.0. The second-order valence-corrected chi connectivity index (χ2v) is 4.90. The molecule has 0 aromatic rings. The molecule has 0 heterocycles. The number of aliphatic hydroxyl groups is 1. The van der Waals surface area contributed by atoms with Gasteiger partial charge in [0.15, 0.2) is 0 Å². The van der Waals surface area contributed by atoms with Crippen molar-refractivity contribution in [2.24, 2.45) is 0 Å². The van der Waals surface area contributed by atoms with E-state index in [0.29, 0.717) is 6.04 Å². The van der Waals surface area contributed by atoms with Gasteiger partial charge in [0.2, 0.25) is 0 Å². The zero-order valence-corrected chi connectivity index (χ0v) is 8.43. The smallest absolute Gasteiger partial charge is 0.0541 e. The van der Waals surface area contributed by atoms with Gasteiger partial charge in [-0.1, -0.05) is 0 Å². The fraction of sp³-hybridized carbons (Fsp3) is 1.00. The lowest BCUT2D eigenvalue weighted by Crippen LogP contribution is -2.45. The molecule has 0 spiro atoms. The SMILES string of the molecule is CC(C)(C)NC1CCC(O)CC1.[HH]. The highest BCUT2D eigenvalue weighted by Gasteiger charge is 2.22. The van der Waals surface area contributed by atoms with Crippen molar-refractivity contribution < 1.29 is 6.53 Å². The van der Waals surface area contributed by atoms with Gasteiger partial charge in [-0.15, -0.1) is 0 Å². The van der Waals surface area contributed by atoms with Gasteiger partial charge >= 0.3 is 0 Å². The molecule has 0 unspecified atom stereocenters. The Hall–Kier alpha value is -0.0800. The third-order valence-corrected chi connectivity index (χ3v) is 2.33. The van der Waals surface area contributed by atoms with Crippen molar-refractivity contribution in [3.8, 4) is 0 Å². The van der Waals surface area contributed by atoms with E-state index in [-0.39, 0.29) is 13.1 Å². The Morgan fingerprint density at radius 2 is 1.67 bits per heavy atom. The van der Waals surface area contributed by atoms with Crippen molar-refractivity contribution in [3.05, 3.63) is 0 Å². The van der Waals surface area contributed by atoms with Crippen LogP contribution in [0.1, 0.15) is 47.9 Å². The molecule has 2 heteroatoms. The molecule has 0 amide bonds. The van der Waals surface area contributed by atoms with Crippen LogP contribution in [0.5, 0.6) is 0 Å². The maximum atomic E-state index is 9.30. The molecule has 0 aromatic carbocycles. The molecule has 1 rings (SSSR count). The first-order chi connectivity index (χ1) is 5.47. The van der Waals surface area contributed by atoms with Gasteiger partial charge in [-0.25, -0.2) is 0 Å². The minimum Gasteiger partial charge on any atom is -0.393 e. The van der Waals surface area contributed by atoms with Gasteiger partial charge in [0.25, 0.3) is 0 Å². The Morgan fingerprint density at radius 1 is 1.17 bits per heavy atom. The highest BCUT2D eigenvalue weighted by Crippen LogP contribution is 2.20. The lowest BCUT2D eigenvalue weighted by atomic mass is 9.91. The molecule has 0 aliphatic heterocycles. The molecule has 0 atom stereocenters. The summed E-state index contributed by atoms with van der Waals surface area (Å²) in [5.41, 5.74) is 0.215. The van der Waals surface area contributed by atoms with Crippen LogP contribution in [0.2, 0.25) is 0 Å². The monoisotopic (exact) mass is 173 g/mol. The summed E-state index contributed by atoms with van der Waals surface area (Å²) in [6, 6.07) is 0.619. The van der Waals surface area contributed by atoms with E-state index in [1.165, 1.54) is 0 Å². The van der Waals surface area contributed by atoms with E-state index in [2.05, 4.69) is 26.1 Å². The number of rotatable bonds is 1. The number of hydrogen-bond acceptors (Lipinski definition) is 2. The van der Waals surface area contributed by atoms with E-state index in [1.807, 2.05) is 0 Å². The Bertz CT molecular complexity index is 136. The number of aliphatic hydroxyl groups excluding tert-OH is 1. The van der Waals surface area contributed by atoms with Crippen molar-refractivity contribution in [2.45, 2.75) is 64.1 Å². The Labute approximate surface area is 76.8 Å². The fourth-order valence-corrected chi connectivity index (χ4v) is 1.83. The van der Waals surface area contributed by atoms with Crippen LogP contribution in [0.3, 0.4) is 0 Å². The summed E-state index contributed by atoms with van der Waals surface area (Å²) >= 11 is 0. The van der Waals surface area contributed by atoms with Gasteiger partial charge in [-0.2, -0.15) is 0 Å². The number of nitrogens with one attached hydrogen (secondary N) is 1. The van der Waals surface area contributed by atoms with E-state index in [9.17, 15) is 5.11 Å². The molecule has 1 aliphatic carbocycles. The van der Waals surface area contributed by atoms with Gasteiger partial charge < -0.3 is 10.4 Å². The maximum Gasteiger partial charge on any atom is 0.0541 e. The quantitative estimate of drug-likeness (QED) is 0.635. The van der Waals surface area contributed by atoms with Crippen LogP contribution in [0, 0.1) is 0 Å². The lowest BCUT2D eigenvalue weighted by molar-refractivity contribution is 0.111. The molecule has 1 saturated carbocycles. The average molecular weight is 173 g/mol. The van der Waals surface area contributed by atoms with Crippen molar-refractivity contribution in [3.63, 3.8) is 0 Å². The predicted molar refractivity (Wildman–Crippen MR) is 53.3 cm³/mol. The summed E-state index contributed by atoms with van der Waals surface area (Å²) in [6.45, 7) is 6.58. The van der Waals surface area contributed by atoms with Crippen LogP contribution < -0.4 is 5.32 Å². The molecule has 0 saturated heterocycles. The maximum absolute atomic E-state index is 9.30. The molecule has 2 nitrogen and oxygen atoms in total. The zero-order chi connectivity index (χ0) is 9.19. The van der Waals surface area contributed by atoms with Gasteiger partial charge in [-0.3, -0.25) is 0 Å². The lowest BCUT2D eigenvalue weighted by Gasteiger charge is -2.32. The average Bonchev–Trinajstić information content (AvgIpc) is 1.91. The minimum atomic E-state index is -0.0389. The van der Waals surface area contributed by atoms with Crippen molar-refractivity contribution >= 4 is 0 Å². The van der Waals surface area contributed by atoms with Crippen LogP contribution in [-0.4, -0.2) is 22.8 Å². The van der Waals surface area contributed by atoms with Gasteiger partial charge in [0.05, 0.1) is 6.10 Å². The predicted octanol–water partition coefficient (Wildman–Crippen LogP) is 1.92. The van der Waals surface area contributed by atoms with E-state index < -0.39 is 0 Å². The van der Waals surface area contributed by atoms with Crippen molar-refractivity contribution in [2.75, 3.05) is 0 Å². The van der Waals surface area contributed by atoms with Crippen molar-refractivity contribution in [1.82, 2.24) is 5.32 Å². The third-order valence-electron chi connectivity index (χ3n) is 2.33. The second-order valence-electron chi connectivity index (χ2n) is 4.90. The van der Waals surface area contributed by atoms with Crippen LogP contribution >= 0.6 is 0 Å². The van der Waals surface area contributed by atoms with Gasteiger partial charge in [0, 0.05) is 13.0 Å². The largest absolute Gasteiger partial charge is 0.393 e. The number of hydrogen-bond donors (Lipinski definition) is 2. The third kappa shape index (κ3) is 3.55. The highest BCUT2D eigenvalue weighted by molar-refractivity contribution is 4.82. The molecule has 1 aliphatic rings. The van der Waals surface area contributed by atoms with Crippen LogP contribution in [0.25, 0.3) is 0 Å². The topological polar surface area (TPSA) is 32.3 Å². The van der Waals surface area contributed by atoms with Crippen LogP contribution in [-0.2, 0) is 0 Å². The summed E-state index contributed by atoms with van der Waals surface area (Å²) in [5, 5.41) is 12.9. The molecule has 1 fully saturated rings. The molecule has 74 valence electrons. The molecule has 2 N–H and O–H groups in total. The first-order valence-corrected chi connectivity index (χ1v) is 4.93. The Morgan fingerprint density at radius 3 is 2.08 bits per heavy atom. The van der Waals surface area contributed by atoms with E-state index in [4.69, 9.17) is 0 Å². The van der Waals surface area contributed by atoms with E-state index >= 15 is 0 Å². The standard InChI is InChI=1S/C10H21NO.H2/c1-10(2,3)11-8-4-6-9(12)7-5-8;/h8-9,11-12H,4-7H2,1-3H3;1H. The van der Waals surface area contributed by atoms with E-state index in [1.54, 1.807) is 0 Å². The molecule has 0 radical (unpaired) electrons. The minimum absolute atomic E-state index is 0. The molecular weight excluding hydrogens is 150 g/mol. The zero-order valence-electron chi connectivity index (χ0n) is 8.43. The van der Waals surface area contributed by atoms with Gasteiger partial charge in [0.1, 0.15) is 0 Å². The second kappa shape index (κ2) is 3.75. The van der Waals surface area contributed by atoms with Crippen LogP contribution in [0.4, 0.5) is 0 Å². The van der Waals surface area contributed by atoms with Crippen LogP contribution in [0.15, 0.2) is 0 Å². The fourth-order valence-electron chi connectivity index (χ4n) is 1.83. The summed E-state index contributed by atoms with van der Waals surface area (Å²) in [7, 11) is 0.